The molecule has 0 atom stereocenters. The van der Waals surface area contributed by atoms with E-state index in [9.17, 15) is 13.9 Å². The molecule has 4 heterocycles. The number of methoxy groups -OCH3 is 1. The predicted octanol–water partition coefficient (Wildman–Crippen LogP) is 3.22. The molecule has 0 unspecified atom stereocenters. The molecule has 2 aromatic rings. The Bertz CT molecular complexity index is 1070. The van der Waals surface area contributed by atoms with E-state index in [1.54, 1.807) is 0 Å². The molecule has 1 spiro atoms. The molecule has 0 bridgehead atoms. The lowest BCUT2D eigenvalue weighted by Gasteiger charge is -2.40. The Balaban J connectivity index is 1.42. The molecule has 10 nitrogen and oxygen atoms in total. The summed E-state index contributed by atoms with van der Waals surface area (Å²) in [6.07, 6.45) is 6.79. The monoisotopic (exact) mass is 463 g/mol. The molecule has 0 aromatic carbocycles. The van der Waals surface area contributed by atoms with Gasteiger partial charge in [-0.25, -0.2) is 9.67 Å². The van der Waals surface area contributed by atoms with Crippen molar-refractivity contribution >= 4 is 39.0 Å². The summed E-state index contributed by atoms with van der Waals surface area (Å²) in [5, 5.41) is 13.4. The number of ether oxygens (including phenoxy) is 1. The van der Waals surface area contributed by atoms with E-state index >= 15 is 0 Å². The highest BCUT2D eigenvalue weighted by Crippen LogP contribution is 2.49. The molecule has 5 rings (SSSR count). The van der Waals surface area contributed by atoms with E-state index in [1.165, 1.54) is 7.11 Å². The second-order valence-electron chi connectivity index (χ2n) is 8.99. The lowest BCUT2D eigenvalue weighted by atomic mass is 9.68. The van der Waals surface area contributed by atoms with E-state index < -0.39 is 16.2 Å². The van der Waals surface area contributed by atoms with Crippen molar-refractivity contribution in [2.45, 2.75) is 57.2 Å². The van der Waals surface area contributed by atoms with Gasteiger partial charge < -0.3 is 14.9 Å². The van der Waals surface area contributed by atoms with Crippen LogP contribution in [0, 0.1) is 5.92 Å². The molecular weight excluding hydrogens is 434 g/mol. The molecule has 2 aromatic heterocycles. The first-order chi connectivity index (χ1) is 15.3. The van der Waals surface area contributed by atoms with Gasteiger partial charge in [-0.15, -0.1) is 0 Å². The SMILES string of the molecule is CCn1ncc2c(NC3CCS(O)(O)CC3)c(C3=NOC4(C3)CC(C(=O)OC)C4)cnc21. The first-order valence-electron chi connectivity index (χ1n) is 11.0. The quantitative estimate of drug-likeness (QED) is 0.576. The standard InChI is InChI=1S/C21H29N5O5S/c1-3-26-19-16(12-23-26)18(24-14-4-6-32(28,29)7-5-14)15(11-22-19)17-10-21(31-25-17)8-13(9-21)20(27)30-2/h11-14,28-29H,3-10H2,1-2H3,(H,22,24). The highest BCUT2D eigenvalue weighted by molar-refractivity contribution is 8.24. The number of anilines is 1. The summed E-state index contributed by atoms with van der Waals surface area (Å²) in [7, 11) is -1.04. The lowest BCUT2D eigenvalue weighted by Crippen LogP contribution is -2.47. The Hall–Kier alpha value is -2.37. The maximum atomic E-state index is 11.8. The van der Waals surface area contributed by atoms with Crippen LogP contribution in [0.4, 0.5) is 5.69 Å². The predicted molar refractivity (Wildman–Crippen MR) is 122 cm³/mol. The zero-order valence-electron chi connectivity index (χ0n) is 18.3. The second-order valence-corrected chi connectivity index (χ2v) is 11.4. The van der Waals surface area contributed by atoms with Gasteiger partial charge in [0.15, 0.2) is 5.65 Å². The fraction of sp³-hybridized carbons (Fsp3) is 0.619. The third-order valence-electron chi connectivity index (χ3n) is 6.82. The summed E-state index contributed by atoms with van der Waals surface area (Å²) in [4.78, 5) is 22.3. The molecule has 0 amide bonds. The summed E-state index contributed by atoms with van der Waals surface area (Å²) in [5.74, 6) is 0.473. The van der Waals surface area contributed by atoms with Gasteiger partial charge in [-0.05, 0) is 19.8 Å². The van der Waals surface area contributed by atoms with Crippen molar-refractivity contribution in [2.24, 2.45) is 11.1 Å². The van der Waals surface area contributed by atoms with Gasteiger partial charge in [0.25, 0.3) is 0 Å². The highest BCUT2D eigenvalue weighted by atomic mass is 32.3. The second kappa shape index (κ2) is 7.89. The average molecular weight is 464 g/mol. The van der Waals surface area contributed by atoms with Crippen LogP contribution in [-0.2, 0) is 20.9 Å². The molecule has 2 fully saturated rings. The number of aryl methyl sites for hydroxylation is 1. The van der Waals surface area contributed by atoms with E-state index in [0.29, 0.717) is 50.2 Å². The zero-order valence-corrected chi connectivity index (χ0v) is 19.1. The van der Waals surface area contributed by atoms with Gasteiger partial charge in [0, 0.05) is 55.1 Å². The number of nitrogens with one attached hydrogen (secondary N) is 1. The first-order valence-corrected chi connectivity index (χ1v) is 12.9. The van der Waals surface area contributed by atoms with Crippen LogP contribution in [-0.4, -0.2) is 65.8 Å². The van der Waals surface area contributed by atoms with Crippen molar-refractivity contribution in [3.8, 4) is 0 Å². The van der Waals surface area contributed by atoms with Gasteiger partial charge in [0.1, 0.15) is 5.60 Å². The average Bonchev–Trinajstić information content (AvgIpc) is 3.38. The zero-order chi connectivity index (χ0) is 22.5. The number of rotatable bonds is 5. The summed E-state index contributed by atoms with van der Waals surface area (Å²) in [6.45, 7) is 2.73. The minimum Gasteiger partial charge on any atom is -0.469 e. The van der Waals surface area contributed by atoms with Crippen molar-refractivity contribution in [1.29, 1.82) is 0 Å². The molecular formula is C21H29N5O5S. The van der Waals surface area contributed by atoms with Gasteiger partial charge >= 0.3 is 5.97 Å². The fourth-order valence-electron chi connectivity index (χ4n) is 4.95. The van der Waals surface area contributed by atoms with Crippen LogP contribution < -0.4 is 5.32 Å². The Morgan fingerprint density at radius 2 is 2.09 bits per heavy atom. The first kappa shape index (κ1) is 21.5. The number of carbonyl (C=O) groups excluding carboxylic acids is 1. The minimum atomic E-state index is -2.45. The summed E-state index contributed by atoms with van der Waals surface area (Å²) in [6, 6.07) is 0.119. The third-order valence-corrected chi connectivity index (χ3v) is 8.60. The molecule has 11 heteroatoms. The Labute approximate surface area is 187 Å². The summed E-state index contributed by atoms with van der Waals surface area (Å²) in [5.41, 5.74) is 2.91. The maximum Gasteiger partial charge on any atom is 0.308 e. The molecule has 0 radical (unpaired) electrons. The molecule has 32 heavy (non-hydrogen) atoms. The summed E-state index contributed by atoms with van der Waals surface area (Å²) < 4.78 is 26.7. The van der Waals surface area contributed by atoms with Gasteiger partial charge in [-0.1, -0.05) is 5.16 Å². The van der Waals surface area contributed by atoms with Crippen LogP contribution in [0.2, 0.25) is 0 Å². The van der Waals surface area contributed by atoms with Crippen molar-refractivity contribution in [2.75, 3.05) is 23.9 Å². The molecule has 3 aliphatic rings. The largest absolute Gasteiger partial charge is 0.469 e. The number of hydrogen-bond acceptors (Lipinski definition) is 9. The van der Waals surface area contributed by atoms with E-state index in [2.05, 4.69) is 20.6 Å². The Kier molecular flexibility index (Phi) is 5.30. The van der Waals surface area contributed by atoms with Crippen LogP contribution >= 0.6 is 10.6 Å². The van der Waals surface area contributed by atoms with Gasteiger partial charge in [-0.3, -0.25) is 13.9 Å². The number of esters is 1. The van der Waals surface area contributed by atoms with Crippen LogP contribution in [0.3, 0.4) is 0 Å². The summed E-state index contributed by atoms with van der Waals surface area (Å²) >= 11 is 0. The number of aromatic nitrogens is 3. The topological polar surface area (TPSA) is 131 Å². The number of pyridine rings is 1. The number of carbonyl (C=O) groups is 1. The smallest absolute Gasteiger partial charge is 0.308 e. The fourth-order valence-corrected chi connectivity index (χ4v) is 6.47. The van der Waals surface area contributed by atoms with Crippen molar-refractivity contribution < 1.29 is 23.5 Å². The van der Waals surface area contributed by atoms with Gasteiger partial charge in [-0.2, -0.15) is 15.7 Å². The maximum absolute atomic E-state index is 11.8. The third kappa shape index (κ3) is 3.71. The van der Waals surface area contributed by atoms with Crippen molar-refractivity contribution in [3.63, 3.8) is 0 Å². The molecule has 1 saturated heterocycles. The van der Waals surface area contributed by atoms with Crippen molar-refractivity contribution in [1.82, 2.24) is 14.8 Å². The molecule has 1 aliphatic carbocycles. The number of oxime groups is 1. The van der Waals surface area contributed by atoms with E-state index in [0.717, 1.165) is 28.0 Å². The van der Waals surface area contributed by atoms with E-state index in [4.69, 9.17) is 9.57 Å². The Morgan fingerprint density at radius 3 is 2.78 bits per heavy atom. The highest BCUT2D eigenvalue weighted by Gasteiger charge is 2.54. The Morgan fingerprint density at radius 1 is 1.34 bits per heavy atom. The number of fused-ring (bicyclic) bond motifs is 1. The van der Waals surface area contributed by atoms with Crippen molar-refractivity contribution in [3.05, 3.63) is 18.0 Å². The lowest BCUT2D eigenvalue weighted by molar-refractivity contribution is -0.166. The van der Waals surface area contributed by atoms with Crippen LogP contribution in [0.25, 0.3) is 11.0 Å². The van der Waals surface area contributed by atoms with Crippen LogP contribution in [0.1, 0.15) is 44.6 Å². The van der Waals surface area contributed by atoms with Gasteiger partial charge in [0.05, 0.1) is 36.0 Å². The minimum absolute atomic E-state index is 0.119. The molecule has 174 valence electrons. The molecule has 3 N–H and O–H groups in total. The number of nitrogens with zero attached hydrogens (tertiary/aromatic N) is 4. The number of hydrogen-bond donors (Lipinski definition) is 3. The van der Waals surface area contributed by atoms with Gasteiger partial charge in [0.2, 0.25) is 0 Å². The molecule has 1 saturated carbocycles. The molecule has 2 aliphatic heterocycles. The van der Waals surface area contributed by atoms with Crippen LogP contribution in [0.15, 0.2) is 17.5 Å². The van der Waals surface area contributed by atoms with E-state index in [1.807, 2.05) is 24.0 Å². The normalized spacial score (nSPS) is 23.4. The van der Waals surface area contributed by atoms with E-state index in [-0.39, 0.29) is 17.9 Å². The van der Waals surface area contributed by atoms with Crippen LogP contribution in [0.5, 0.6) is 0 Å².